The van der Waals surface area contributed by atoms with Gasteiger partial charge < -0.3 is 15.7 Å². The molecule has 1 aromatic carbocycles. The first-order valence-corrected chi connectivity index (χ1v) is 9.78. The third-order valence-corrected chi connectivity index (χ3v) is 4.36. The number of aliphatic hydroxyl groups is 1. The average Bonchev–Trinajstić information content (AvgIpc) is 3.17. The highest BCUT2D eigenvalue weighted by molar-refractivity contribution is 14.0. The molecule has 1 aromatic heterocycles. The molecule has 1 heterocycles. The van der Waals surface area contributed by atoms with E-state index in [9.17, 15) is 5.11 Å². The first-order chi connectivity index (χ1) is 13.2. The van der Waals surface area contributed by atoms with Crippen molar-refractivity contribution in [1.82, 2.24) is 25.4 Å². The highest BCUT2D eigenvalue weighted by atomic mass is 127. The first kappa shape index (κ1) is 24.4. The van der Waals surface area contributed by atoms with Crippen LogP contribution in [-0.4, -0.2) is 45.5 Å². The van der Waals surface area contributed by atoms with Crippen LogP contribution in [0.4, 0.5) is 0 Å². The molecule has 0 bridgehead atoms. The van der Waals surface area contributed by atoms with Gasteiger partial charge in [0.25, 0.3) is 0 Å². The van der Waals surface area contributed by atoms with Crippen LogP contribution in [0.3, 0.4) is 0 Å². The van der Waals surface area contributed by atoms with E-state index in [-0.39, 0.29) is 30.6 Å². The van der Waals surface area contributed by atoms with Crippen LogP contribution in [-0.2, 0) is 13.1 Å². The summed E-state index contributed by atoms with van der Waals surface area (Å²) in [7, 11) is 0. The van der Waals surface area contributed by atoms with Crippen molar-refractivity contribution in [2.75, 3.05) is 19.7 Å². The lowest BCUT2D eigenvalue weighted by Crippen LogP contribution is -2.40. The standard InChI is InChI=1S/C20H32N6O.HI/c1-3-6-17(9-10-27)12-23-20(22-4-2)24-13-18-7-5-8-19(11-18)14-26-16-21-15-25-26;/h5,7-8,11,15-17,27H,3-4,6,9-10,12-14H2,1-2H3,(H2,22,23,24);1H. The number of aromatic nitrogens is 3. The van der Waals surface area contributed by atoms with Crippen molar-refractivity contribution in [3.8, 4) is 0 Å². The summed E-state index contributed by atoms with van der Waals surface area (Å²) in [5.41, 5.74) is 2.34. The Kier molecular flexibility index (Phi) is 12.5. The third kappa shape index (κ3) is 9.01. The number of nitrogens with one attached hydrogen (secondary N) is 2. The van der Waals surface area contributed by atoms with Gasteiger partial charge >= 0.3 is 0 Å². The van der Waals surface area contributed by atoms with Crippen LogP contribution in [0.15, 0.2) is 41.9 Å². The minimum atomic E-state index is 0. The van der Waals surface area contributed by atoms with Gasteiger partial charge in [0, 0.05) is 19.7 Å². The van der Waals surface area contributed by atoms with Gasteiger partial charge in [0.2, 0.25) is 0 Å². The molecule has 28 heavy (non-hydrogen) atoms. The summed E-state index contributed by atoms with van der Waals surface area (Å²) in [5, 5.41) is 20.1. The van der Waals surface area contributed by atoms with Crippen molar-refractivity contribution in [3.05, 3.63) is 48.0 Å². The van der Waals surface area contributed by atoms with Crippen LogP contribution in [0.2, 0.25) is 0 Å². The average molecular weight is 500 g/mol. The van der Waals surface area contributed by atoms with Crippen LogP contribution in [0.5, 0.6) is 0 Å². The molecule has 0 radical (unpaired) electrons. The van der Waals surface area contributed by atoms with Crippen LogP contribution in [0.25, 0.3) is 0 Å². The Morgan fingerprint density at radius 2 is 2.04 bits per heavy atom. The Balaban J connectivity index is 0.00000392. The van der Waals surface area contributed by atoms with E-state index < -0.39 is 0 Å². The summed E-state index contributed by atoms with van der Waals surface area (Å²) in [6, 6.07) is 8.38. The molecule has 0 saturated heterocycles. The van der Waals surface area contributed by atoms with Gasteiger partial charge in [0.1, 0.15) is 12.7 Å². The smallest absolute Gasteiger partial charge is 0.191 e. The number of rotatable bonds is 11. The van der Waals surface area contributed by atoms with E-state index in [0.717, 1.165) is 43.9 Å². The van der Waals surface area contributed by atoms with Crippen molar-refractivity contribution in [3.63, 3.8) is 0 Å². The number of nitrogens with zero attached hydrogens (tertiary/aromatic N) is 4. The quantitative estimate of drug-likeness (QED) is 0.251. The molecule has 0 aliphatic rings. The zero-order chi connectivity index (χ0) is 19.3. The highest BCUT2D eigenvalue weighted by Gasteiger charge is 2.08. The Bertz CT molecular complexity index is 671. The second-order valence-electron chi connectivity index (χ2n) is 6.66. The lowest BCUT2D eigenvalue weighted by Gasteiger charge is -2.18. The van der Waals surface area contributed by atoms with E-state index in [0.29, 0.717) is 19.0 Å². The molecule has 0 aliphatic heterocycles. The van der Waals surface area contributed by atoms with Crippen LogP contribution < -0.4 is 10.6 Å². The number of aliphatic imine (C=N–C) groups is 1. The van der Waals surface area contributed by atoms with Gasteiger partial charge in [-0.05, 0) is 36.8 Å². The largest absolute Gasteiger partial charge is 0.396 e. The predicted octanol–water partition coefficient (Wildman–Crippen LogP) is 2.80. The summed E-state index contributed by atoms with van der Waals surface area (Å²) >= 11 is 0. The van der Waals surface area contributed by atoms with Gasteiger partial charge in [-0.2, -0.15) is 5.10 Å². The van der Waals surface area contributed by atoms with E-state index in [2.05, 4.69) is 58.8 Å². The van der Waals surface area contributed by atoms with Crippen molar-refractivity contribution < 1.29 is 5.11 Å². The highest BCUT2D eigenvalue weighted by Crippen LogP contribution is 2.10. The topological polar surface area (TPSA) is 87.4 Å². The van der Waals surface area contributed by atoms with Gasteiger partial charge in [-0.25, -0.2) is 14.7 Å². The summed E-state index contributed by atoms with van der Waals surface area (Å²) < 4.78 is 1.81. The minimum absolute atomic E-state index is 0. The molecule has 2 rings (SSSR count). The van der Waals surface area contributed by atoms with Gasteiger partial charge in [0.15, 0.2) is 5.96 Å². The molecular formula is C20H33IN6O. The fraction of sp³-hybridized carbons (Fsp3) is 0.550. The lowest BCUT2D eigenvalue weighted by atomic mass is 10.0. The second kappa shape index (κ2) is 14.3. The van der Waals surface area contributed by atoms with E-state index in [1.165, 1.54) is 5.56 Å². The molecule has 1 atom stereocenters. The lowest BCUT2D eigenvalue weighted by molar-refractivity contribution is 0.251. The van der Waals surface area contributed by atoms with Crippen molar-refractivity contribution >= 4 is 29.9 Å². The summed E-state index contributed by atoms with van der Waals surface area (Å²) in [6.45, 7) is 7.43. The molecule has 1 unspecified atom stereocenters. The fourth-order valence-corrected chi connectivity index (χ4v) is 3.02. The molecule has 0 spiro atoms. The van der Waals surface area contributed by atoms with Gasteiger partial charge in [0.05, 0.1) is 13.1 Å². The number of guanidine groups is 1. The van der Waals surface area contributed by atoms with Crippen molar-refractivity contribution in [1.29, 1.82) is 0 Å². The maximum absolute atomic E-state index is 9.22. The van der Waals surface area contributed by atoms with E-state index in [1.807, 2.05) is 4.68 Å². The van der Waals surface area contributed by atoms with E-state index in [1.54, 1.807) is 12.7 Å². The maximum atomic E-state index is 9.22. The van der Waals surface area contributed by atoms with E-state index in [4.69, 9.17) is 4.99 Å². The molecule has 7 nitrogen and oxygen atoms in total. The summed E-state index contributed by atoms with van der Waals surface area (Å²) in [4.78, 5) is 8.69. The number of aliphatic hydroxyl groups excluding tert-OH is 1. The Morgan fingerprint density at radius 1 is 1.21 bits per heavy atom. The molecule has 156 valence electrons. The van der Waals surface area contributed by atoms with Crippen LogP contribution >= 0.6 is 24.0 Å². The zero-order valence-electron chi connectivity index (χ0n) is 16.8. The Hall–Kier alpha value is -1.68. The van der Waals surface area contributed by atoms with Crippen molar-refractivity contribution in [2.45, 2.75) is 46.2 Å². The van der Waals surface area contributed by atoms with Crippen molar-refractivity contribution in [2.24, 2.45) is 10.9 Å². The number of hydrogen-bond donors (Lipinski definition) is 3. The molecule has 0 saturated carbocycles. The number of benzene rings is 1. The van der Waals surface area contributed by atoms with Gasteiger partial charge in [-0.15, -0.1) is 24.0 Å². The second-order valence-corrected chi connectivity index (χ2v) is 6.66. The molecular weight excluding hydrogens is 467 g/mol. The molecule has 0 aliphatic carbocycles. The number of hydrogen-bond acceptors (Lipinski definition) is 4. The summed E-state index contributed by atoms with van der Waals surface area (Å²) in [6.07, 6.45) is 6.32. The normalized spacial score (nSPS) is 12.3. The third-order valence-electron chi connectivity index (χ3n) is 4.36. The SMILES string of the molecule is CCCC(CCO)CNC(=NCc1cccc(Cn2cncn2)c1)NCC.I. The van der Waals surface area contributed by atoms with Gasteiger partial charge in [-0.1, -0.05) is 37.6 Å². The monoisotopic (exact) mass is 500 g/mol. The van der Waals surface area contributed by atoms with Gasteiger partial charge in [-0.3, -0.25) is 0 Å². The first-order valence-electron chi connectivity index (χ1n) is 9.78. The van der Waals surface area contributed by atoms with E-state index >= 15 is 0 Å². The summed E-state index contributed by atoms with van der Waals surface area (Å²) in [5.74, 6) is 1.29. The van der Waals surface area contributed by atoms with Crippen LogP contribution in [0, 0.1) is 5.92 Å². The molecule has 2 aromatic rings. The molecule has 0 fully saturated rings. The Morgan fingerprint density at radius 3 is 2.71 bits per heavy atom. The minimum Gasteiger partial charge on any atom is -0.396 e. The predicted molar refractivity (Wildman–Crippen MR) is 124 cm³/mol. The molecule has 3 N–H and O–H groups in total. The van der Waals surface area contributed by atoms with Crippen LogP contribution in [0.1, 0.15) is 44.2 Å². The fourth-order valence-electron chi connectivity index (χ4n) is 3.02. The molecule has 0 amide bonds. The maximum Gasteiger partial charge on any atom is 0.191 e. The molecule has 8 heteroatoms. The Labute approximate surface area is 185 Å². The zero-order valence-corrected chi connectivity index (χ0v) is 19.2. The number of halogens is 1.